The summed E-state index contributed by atoms with van der Waals surface area (Å²) in [5.41, 5.74) is 1.54. The van der Waals surface area contributed by atoms with Crippen LogP contribution in [-0.4, -0.2) is 38.7 Å². The summed E-state index contributed by atoms with van der Waals surface area (Å²) < 4.78 is 5.21. The van der Waals surface area contributed by atoms with Gasteiger partial charge in [-0.3, -0.25) is 0 Å². The zero-order valence-electron chi connectivity index (χ0n) is 11.6. The molecule has 4 heteroatoms. The zero-order valence-corrected chi connectivity index (χ0v) is 11.6. The van der Waals surface area contributed by atoms with Gasteiger partial charge < -0.3 is 15.0 Å². The predicted octanol–water partition coefficient (Wildman–Crippen LogP) is 2.32. The molecule has 2 rings (SSSR count). The van der Waals surface area contributed by atoms with Gasteiger partial charge in [0.05, 0.1) is 18.4 Å². The number of nitrogens with zero attached hydrogens (tertiary/aromatic N) is 2. The van der Waals surface area contributed by atoms with E-state index in [0.717, 1.165) is 24.5 Å². The molecule has 1 N–H and O–H groups in total. The molecule has 1 atom stereocenters. The standard InChI is InChI=1S/C15H21N3O/c1-18-7-3-4-12(11-18)10-17-15-8-14(19-2)6-5-13(15)9-16/h5-6,8,12,17H,3-4,7,10-11H2,1-2H3. The minimum atomic E-state index is 0.650. The van der Waals surface area contributed by atoms with Crippen LogP contribution in [0.3, 0.4) is 0 Å². The quantitative estimate of drug-likeness (QED) is 0.901. The van der Waals surface area contributed by atoms with E-state index < -0.39 is 0 Å². The molecule has 1 heterocycles. The number of piperidine rings is 1. The highest BCUT2D eigenvalue weighted by atomic mass is 16.5. The average Bonchev–Trinajstić information content (AvgIpc) is 2.45. The van der Waals surface area contributed by atoms with Gasteiger partial charge in [-0.2, -0.15) is 5.26 Å². The average molecular weight is 259 g/mol. The lowest BCUT2D eigenvalue weighted by atomic mass is 9.98. The number of nitriles is 1. The van der Waals surface area contributed by atoms with Gasteiger partial charge in [-0.25, -0.2) is 0 Å². The second kappa shape index (κ2) is 6.44. The van der Waals surface area contributed by atoms with Crippen LogP contribution in [0.4, 0.5) is 5.69 Å². The van der Waals surface area contributed by atoms with E-state index in [4.69, 9.17) is 10.00 Å². The van der Waals surface area contributed by atoms with Gasteiger partial charge in [-0.05, 0) is 44.5 Å². The van der Waals surface area contributed by atoms with Gasteiger partial charge in [0.1, 0.15) is 11.8 Å². The Morgan fingerprint density at radius 3 is 3.05 bits per heavy atom. The Kier molecular flexibility index (Phi) is 4.64. The fraction of sp³-hybridized carbons (Fsp3) is 0.533. The van der Waals surface area contributed by atoms with Crippen molar-refractivity contribution in [2.45, 2.75) is 12.8 Å². The molecule has 0 radical (unpaired) electrons. The van der Waals surface area contributed by atoms with Crippen molar-refractivity contribution >= 4 is 5.69 Å². The second-order valence-corrected chi connectivity index (χ2v) is 5.17. The Bertz CT molecular complexity index is 467. The molecular weight excluding hydrogens is 238 g/mol. The van der Waals surface area contributed by atoms with Crippen LogP contribution in [0.25, 0.3) is 0 Å². The Hall–Kier alpha value is -1.73. The molecule has 1 saturated heterocycles. The summed E-state index contributed by atoms with van der Waals surface area (Å²) in [7, 11) is 3.81. The van der Waals surface area contributed by atoms with Crippen LogP contribution in [0.5, 0.6) is 5.75 Å². The fourth-order valence-corrected chi connectivity index (χ4v) is 2.59. The third kappa shape index (κ3) is 3.62. The molecule has 1 fully saturated rings. The first kappa shape index (κ1) is 13.7. The normalized spacial score (nSPS) is 19.7. The molecule has 1 aliphatic rings. The summed E-state index contributed by atoms with van der Waals surface area (Å²) in [5, 5.41) is 12.5. The number of likely N-dealkylation sites (tertiary alicyclic amines) is 1. The number of methoxy groups -OCH3 is 1. The van der Waals surface area contributed by atoms with Crippen molar-refractivity contribution in [3.8, 4) is 11.8 Å². The van der Waals surface area contributed by atoms with Gasteiger partial charge in [0.25, 0.3) is 0 Å². The van der Waals surface area contributed by atoms with Crippen LogP contribution in [0, 0.1) is 17.2 Å². The van der Waals surface area contributed by atoms with Gasteiger partial charge in [0, 0.05) is 19.2 Å². The first-order chi connectivity index (χ1) is 9.22. The van der Waals surface area contributed by atoms with Crippen molar-refractivity contribution in [1.82, 2.24) is 4.90 Å². The highest BCUT2D eigenvalue weighted by Gasteiger charge is 2.17. The predicted molar refractivity (Wildman–Crippen MR) is 76.4 cm³/mol. The van der Waals surface area contributed by atoms with Crippen LogP contribution in [-0.2, 0) is 0 Å². The van der Waals surface area contributed by atoms with Crippen molar-refractivity contribution < 1.29 is 4.74 Å². The summed E-state index contributed by atoms with van der Waals surface area (Å²) in [6, 6.07) is 7.73. The molecule has 0 aliphatic carbocycles. The minimum Gasteiger partial charge on any atom is -0.497 e. The van der Waals surface area contributed by atoms with Crippen LogP contribution < -0.4 is 10.1 Å². The third-order valence-electron chi connectivity index (χ3n) is 3.65. The maximum atomic E-state index is 9.12. The van der Waals surface area contributed by atoms with E-state index in [1.165, 1.54) is 19.4 Å². The Labute approximate surface area is 115 Å². The first-order valence-corrected chi connectivity index (χ1v) is 6.73. The number of rotatable bonds is 4. The lowest BCUT2D eigenvalue weighted by molar-refractivity contribution is 0.217. The molecule has 1 unspecified atom stereocenters. The zero-order chi connectivity index (χ0) is 13.7. The van der Waals surface area contributed by atoms with Crippen molar-refractivity contribution in [3.63, 3.8) is 0 Å². The van der Waals surface area contributed by atoms with Gasteiger partial charge >= 0.3 is 0 Å². The molecule has 0 spiro atoms. The van der Waals surface area contributed by atoms with Crippen molar-refractivity contribution in [1.29, 1.82) is 5.26 Å². The number of ether oxygens (including phenoxy) is 1. The van der Waals surface area contributed by atoms with Gasteiger partial charge in [0.15, 0.2) is 0 Å². The summed E-state index contributed by atoms with van der Waals surface area (Å²) in [6.45, 7) is 3.23. The highest BCUT2D eigenvalue weighted by Crippen LogP contribution is 2.23. The highest BCUT2D eigenvalue weighted by molar-refractivity contribution is 5.60. The monoisotopic (exact) mass is 259 g/mol. The minimum absolute atomic E-state index is 0.650. The van der Waals surface area contributed by atoms with Gasteiger partial charge in [-0.15, -0.1) is 0 Å². The summed E-state index contributed by atoms with van der Waals surface area (Å²) in [6.07, 6.45) is 2.51. The number of hydrogen-bond donors (Lipinski definition) is 1. The van der Waals surface area contributed by atoms with E-state index in [0.29, 0.717) is 11.5 Å². The SMILES string of the molecule is COc1ccc(C#N)c(NCC2CCCN(C)C2)c1. The maximum Gasteiger partial charge on any atom is 0.121 e. The molecular formula is C15H21N3O. The van der Waals surface area contributed by atoms with Crippen LogP contribution in [0.1, 0.15) is 18.4 Å². The third-order valence-corrected chi connectivity index (χ3v) is 3.65. The summed E-state index contributed by atoms with van der Waals surface area (Å²) >= 11 is 0. The van der Waals surface area contributed by atoms with Crippen LogP contribution >= 0.6 is 0 Å². The number of nitrogens with one attached hydrogen (secondary N) is 1. The van der Waals surface area contributed by atoms with Crippen LogP contribution in [0.15, 0.2) is 18.2 Å². The lowest BCUT2D eigenvalue weighted by Crippen LogP contribution is -2.35. The Morgan fingerprint density at radius 2 is 2.37 bits per heavy atom. The molecule has 1 aliphatic heterocycles. The van der Waals surface area contributed by atoms with Gasteiger partial charge in [-0.1, -0.05) is 0 Å². The largest absolute Gasteiger partial charge is 0.497 e. The Balaban J connectivity index is 2.00. The summed E-state index contributed by atoms with van der Waals surface area (Å²) in [5.74, 6) is 1.43. The molecule has 0 saturated carbocycles. The van der Waals surface area contributed by atoms with Crippen molar-refractivity contribution in [3.05, 3.63) is 23.8 Å². The second-order valence-electron chi connectivity index (χ2n) is 5.17. The lowest BCUT2D eigenvalue weighted by Gasteiger charge is -2.30. The van der Waals surface area contributed by atoms with E-state index in [9.17, 15) is 0 Å². The smallest absolute Gasteiger partial charge is 0.121 e. The van der Waals surface area contributed by atoms with Crippen molar-refractivity contribution in [2.75, 3.05) is 39.1 Å². The molecule has 1 aromatic carbocycles. The maximum absolute atomic E-state index is 9.12. The summed E-state index contributed by atoms with van der Waals surface area (Å²) in [4.78, 5) is 2.37. The van der Waals surface area contributed by atoms with Gasteiger partial charge in [0.2, 0.25) is 0 Å². The first-order valence-electron chi connectivity index (χ1n) is 6.73. The molecule has 102 valence electrons. The topological polar surface area (TPSA) is 48.3 Å². The Morgan fingerprint density at radius 1 is 1.53 bits per heavy atom. The molecule has 0 amide bonds. The fourth-order valence-electron chi connectivity index (χ4n) is 2.59. The van der Waals surface area contributed by atoms with E-state index in [1.807, 2.05) is 12.1 Å². The number of anilines is 1. The molecule has 1 aromatic rings. The van der Waals surface area contributed by atoms with E-state index in [2.05, 4.69) is 23.3 Å². The van der Waals surface area contributed by atoms with E-state index in [1.54, 1.807) is 13.2 Å². The molecule has 19 heavy (non-hydrogen) atoms. The van der Waals surface area contributed by atoms with E-state index in [-0.39, 0.29) is 0 Å². The molecule has 0 bridgehead atoms. The van der Waals surface area contributed by atoms with Crippen molar-refractivity contribution in [2.24, 2.45) is 5.92 Å². The van der Waals surface area contributed by atoms with E-state index >= 15 is 0 Å². The number of hydrogen-bond acceptors (Lipinski definition) is 4. The molecule has 4 nitrogen and oxygen atoms in total. The van der Waals surface area contributed by atoms with Crippen LogP contribution in [0.2, 0.25) is 0 Å². The number of benzene rings is 1. The molecule has 0 aromatic heterocycles.